The number of nitrogens with one attached hydrogen (secondary N) is 1. The van der Waals surface area contributed by atoms with Gasteiger partial charge in [0.25, 0.3) is 0 Å². The third-order valence-electron chi connectivity index (χ3n) is 3.28. The fourth-order valence-electron chi connectivity index (χ4n) is 2.13. The molecule has 0 fully saturated rings. The van der Waals surface area contributed by atoms with Gasteiger partial charge >= 0.3 is 0 Å². The molecule has 19 heavy (non-hydrogen) atoms. The first-order valence-corrected chi connectivity index (χ1v) is 6.93. The lowest BCUT2D eigenvalue weighted by Gasteiger charge is -2.12. The highest BCUT2D eigenvalue weighted by Crippen LogP contribution is 2.18. The predicted octanol–water partition coefficient (Wildman–Crippen LogP) is 4.10. The van der Waals surface area contributed by atoms with E-state index in [0.717, 1.165) is 25.1 Å². The van der Waals surface area contributed by atoms with Gasteiger partial charge in [-0.2, -0.15) is 0 Å². The first-order chi connectivity index (χ1) is 9.29. The number of nitrogens with two attached hydrogens (primary N) is 1. The van der Waals surface area contributed by atoms with Crippen LogP contribution in [0.2, 0.25) is 0 Å². The Morgan fingerprint density at radius 1 is 1.00 bits per heavy atom. The Labute approximate surface area is 115 Å². The zero-order chi connectivity index (χ0) is 13.5. The second-order valence-electron chi connectivity index (χ2n) is 4.86. The van der Waals surface area contributed by atoms with Gasteiger partial charge < -0.3 is 11.1 Å². The van der Waals surface area contributed by atoms with Crippen LogP contribution in [0.1, 0.15) is 36.9 Å². The van der Waals surface area contributed by atoms with Crippen molar-refractivity contribution >= 4 is 5.69 Å². The molecule has 2 aromatic rings. The molecule has 0 saturated carbocycles. The van der Waals surface area contributed by atoms with Gasteiger partial charge in [-0.25, -0.2) is 0 Å². The number of benzene rings is 2. The topological polar surface area (TPSA) is 38.0 Å². The molecule has 0 amide bonds. The smallest absolute Gasteiger partial charge is 0.0400 e. The van der Waals surface area contributed by atoms with Crippen LogP contribution in [0.25, 0.3) is 0 Å². The molecule has 1 atom stereocenters. The first-order valence-electron chi connectivity index (χ1n) is 6.93. The van der Waals surface area contributed by atoms with Gasteiger partial charge in [0.2, 0.25) is 0 Å². The van der Waals surface area contributed by atoms with E-state index in [1.165, 1.54) is 11.1 Å². The van der Waals surface area contributed by atoms with Gasteiger partial charge in [-0.05, 0) is 29.7 Å². The molecule has 0 aliphatic carbocycles. The number of hydrogen-bond donors (Lipinski definition) is 2. The summed E-state index contributed by atoms with van der Waals surface area (Å²) in [7, 11) is 0. The summed E-state index contributed by atoms with van der Waals surface area (Å²) in [5.74, 6) is 0. The Bertz CT molecular complexity index is 476. The van der Waals surface area contributed by atoms with Gasteiger partial charge in [0, 0.05) is 18.3 Å². The van der Waals surface area contributed by atoms with Crippen molar-refractivity contribution in [3.63, 3.8) is 0 Å². The maximum absolute atomic E-state index is 6.10. The molecule has 0 bridgehead atoms. The third-order valence-corrected chi connectivity index (χ3v) is 3.28. The fourth-order valence-corrected chi connectivity index (χ4v) is 2.13. The van der Waals surface area contributed by atoms with Crippen LogP contribution in [0, 0.1) is 0 Å². The van der Waals surface area contributed by atoms with Crippen LogP contribution < -0.4 is 11.1 Å². The maximum atomic E-state index is 6.10. The van der Waals surface area contributed by atoms with Crippen molar-refractivity contribution in [3.05, 3.63) is 65.7 Å². The summed E-state index contributed by atoms with van der Waals surface area (Å²) in [6.07, 6.45) is 2.16. The summed E-state index contributed by atoms with van der Waals surface area (Å²) in [6.45, 7) is 3.01. The zero-order valence-corrected chi connectivity index (χ0v) is 11.5. The Morgan fingerprint density at radius 3 is 2.32 bits per heavy atom. The second-order valence-corrected chi connectivity index (χ2v) is 4.86. The number of anilines is 1. The molecular weight excluding hydrogens is 232 g/mol. The molecule has 0 saturated heterocycles. The molecule has 3 N–H and O–H groups in total. The molecule has 0 radical (unpaired) electrons. The average Bonchev–Trinajstić information content (AvgIpc) is 2.47. The molecule has 2 aromatic carbocycles. The molecule has 2 rings (SSSR count). The van der Waals surface area contributed by atoms with Crippen molar-refractivity contribution in [1.29, 1.82) is 0 Å². The van der Waals surface area contributed by atoms with Crippen molar-refractivity contribution in [2.45, 2.75) is 32.4 Å². The predicted molar refractivity (Wildman–Crippen MR) is 82.0 cm³/mol. The molecule has 0 unspecified atom stereocenters. The molecule has 0 aromatic heterocycles. The SMILES string of the molecule is CCC[C@H](N)c1ccc(NCc2ccccc2)cc1. The average molecular weight is 254 g/mol. The van der Waals surface area contributed by atoms with Crippen LogP contribution >= 0.6 is 0 Å². The van der Waals surface area contributed by atoms with Crippen LogP contribution in [0.3, 0.4) is 0 Å². The minimum atomic E-state index is 0.160. The third kappa shape index (κ3) is 4.11. The van der Waals surface area contributed by atoms with E-state index in [-0.39, 0.29) is 6.04 Å². The van der Waals surface area contributed by atoms with Crippen molar-refractivity contribution < 1.29 is 0 Å². The van der Waals surface area contributed by atoms with Crippen LogP contribution in [-0.2, 0) is 6.54 Å². The summed E-state index contributed by atoms with van der Waals surface area (Å²) < 4.78 is 0. The lowest BCUT2D eigenvalue weighted by molar-refractivity contribution is 0.638. The minimum Gasteiger partial charge on any atom is -0.381 e. The van der Waals surface area contributed by atoms with E-state index in [4.69, 9.17) is 5.73 Å². The van der Waals surface area contributed by atoms with Crippen molar-refractivity contribution in [2.75, 3.05) is 5.32 Å². The highest BCUT2D eigenvalue weighted by molar-refractivity contribution is 5.45. The summed E-state index contributed by atoms with van der Waals surface area (Å²) >= 11 is 0. The van der Waals surface area contributed by atoms with Crippen molar-refractivity contribution in [1.82, 2.24) is 0 Å². The Morgan fingerprint density at radius 2 is 1.68 bits per heavy atom. The van der Waals surface area contributed by atoms with Gasteiger partial charge in [0.15, 0.2) is 0 Å². The molecule has 0 spiro atoms. The van der Waals surface area contributed by atoms with Crippen molar-refractivity contribution in [2.24, 2.45) is 5.73 Å². The molecule has 0 aliphatic rings. The zero-order valence-electron chi connectivity index (χ0n) is 11.5. The molecule has 0 aliphatic heterocycles. The highest BCUT2D eigenvalue weighted by atomic mass is 14.9. The van der Waals surface area contributed by atoms with Crippen LogP contribution in [-0.4, -0.2) is 0 Å². The maximum Gasteiger partial charge on any atom is 0.0400 e. The lowest BCUT2D eigenvalue weighted by atomic mass is 10.0. The van der Waals surface area contributed by atoms with Gasteiger partial charge in [0.1, 0.15) is 0 Å². The number of rotatable bonds is 6. The number of hydrogen-bond acceptors (Lipinski definition) is 2. The van der Waals surface area contributed by atoms with Gasteiger partial charge in [-0.15, -0.1) is 0 Å². The van der Waals surface area contributed by atoms with Gasteiger partial charge in [-0.1, -0.05) is 55.8 Å². The standard InChI is InChI=1S/C17H22N2/c1-2-6-17(18)15-9-11-16(12-10-15)19-13-14-7-4-3-5-8-14/h3-5,7-12,17,19H,2,6,13,18H2,1H3/t17-/m0/s1. The van der Waals surface area contributed by atoms with E-state index in [9.17, 15) is 0 Å². The summed E-state index contributed by atoms with van der Waals surface area (Å²) in [6, 6.07) is 19.0. The largest absolute Gasteiger partial charge is 0.381 e. The Hall–Kier alpha value is -1.80. The molecule has 2 heteroatoms. The van der Waals surface area contributed by atoms with E-state index in [1.807, 2.05) is 6.07 Å². The Balaban J connectivity index is 1.92. The van der Waals surface area contributed by atoms with Crippen LogP contribution in [0.5, 0.6) is 0 Å². The van der Waals surface area contributed by atoms with Gasteiger partial charge in [-0.3, -0.25) is 0 Å². The Kier molecular flexibility index (Phi) is 4.99. The summed E-state index contributed by atoms with van der Waals surface area (Å²) in [4.78, 5) is 0. The molecule has 0 heterocycles. The monoisotopic (exact) mass is 254 g/mol. The van der Waals surface area contributed by atoms with E-state index < -0.39 is 0 Å². The van der Waals surface area contributed by atoms with Crippen LogP contribution in [0.15, 0.2) is 54.6 Å². The molecule has 2 nitrogen and oxygen atoms in total. The summed E-state index contributed by atoms with van der Waals surface area (Å²) in [5.41, 5.74) is 9.74. The quantitative estimate of drug-likeness (QED) is 0.814. The van der Waals surface area contributed by atoms with E-state index >= 15 is 0 Å². The molecule has 100 valence electrons. The summed E-state index contributed by atoms with van der Waals surface area (Å²) in [5, 5.41) is 3.42. The minimum absolute atomic E-state index is 0.160. The van der Waals surface area contributed by atoms with Crippen molar-refractivity contribution in [3.8, 4) is 0 Å². The highest BCUT2D eigenvalue weighted by Gasteiger charge is 2.04. The van der Waals surface area contributed by atoms with Crippen LogP contribution in [0.4, 0.5) is 5.69 Å². The van der Waals surface area contributed by atoms with E-state index in [1.54, 1.807) is 0 Å². The lowest BCUT2D eigenvalue weighted by Crippen LogP contribution is -2.09. The van der Waals surface area contributed by atoms with E-state index in [0.29, 0.717) is 0 Å². The molecular formula is C17H22N2. The fraction of sp³-hybridized carbons (Fsp3) is 0.294. The second kappa shape index (κ2) is 6.95. The first kappa shape index (κ1) is 13.6. The van der Waals surface area contributed by atoms with Gasteiger partial charge in [0.05, 0.1) is 0 Å². The van der Waals surface area contributed by atoms with E-state index in [2.05, 4.69) is 60.8 Å². The normalized spacial score (nSPS) is 12.1.